The predicted molar refractivity (Wildman–Crippen MR) is 49.8 cm³/mol. The van der Waals surface area contributed by atoms with E-state index >= 15 is 0 Å². The van der Waals surface area contributed by atoms with Crippen molar-refractivity contribution >= 4 is 27.5 Å². The van der Waals surface area contributed by atoms with Crippen LogP contribution >= 0.6 is 27.5 Å². The molecule has 0 atom stereocenters. The Morgan fingerprint density at radius 2 is 2.18 bits per heavy atom. The summed E-state index contributed by atoms with van der Waals surface area (Å²) in [5.74, 6) is 0. The van der Waals surface area contributed by atoms with Crippen LogP contribution in [0.4, 0.5) is 0 Å². The largest absolute Gasteiger partial charge is 0.392 e. The van der Waals surface area contributed by atoms with Crippen LogP contribution in [0.5, 0.6) is 0 Å². The van der Waals surface area contributed by atoms with Gasteiger partial charge in [0.05, 0.1) is 11.6 Å². The van der Waals surface area contributed by atoms with Crippen molar-refractivity contribution in [3.8, 4) is 0 Å². The van der Waals surface area contributed by atoms with Gasteiger partial charge in [0, 0.05) is 4.47 Å². The highest BCUT2D eigenvalue weighted by atomic mass is 79.9. The number of halogens is 2. The van der Waals surface area contributed by atoms with Crippen LogP contribution in [-0.2, 0) is 6.61 Å². The molecule has 0 radical (unpaired) electrons. The molecular formula is C8H8BrClO. The molecule has 0 aliphatic carbocycles. The normalized spacial score (nSPS) is 10.2. The van der Waals surface area contributed by atoms with Gasteiger partial charge in [-0.15, -0.1) is 0 Å². The lowest BCUT2D eigenvalue weighted by atomic mass is 10.1. The van der Waals surface area contributed by atoms with Crippen molar-refractivity contribution in [2.75, 3.05) is 0 Å². The second-order valence-corrected chi connectivity index (χ2v) is 3.60. The minimum atomic E-state index is 0.0522. The van der Waals surface area contributed by atoms with Gasteiger partial charge in [-0.2, -0.15) is 0 Å². The standard InChI is InChI=1S/C8H8BrClO/c1-5-2-6(4-11)3-7(9)8(5)10/h2-3,11H,4H2,1H3. The lowest BCUT2D eigenvalue weighted by Gasteiger charge is -2.03. The predicted octanol–water partition coefficient (Wildman–Crippen LogP) is 2.90. The fraction of sp³-hybridized carbons (Fsp3) is 0.250. The average molecular weight is 236 g/mol. The number of hydrogen-bond donors (Lipinski definition) is 1. The zero-order valence-corrected chi connectivity index (χ0v) is 8.41. The van der Waals surface area contributed by atoms with Crippen molar-refractivity contribution in [1.82, 2.24) is 0 Å². The highest BCUT2D eigenvalue weighted by Crippen LogP contribution is 2.27. The van der Waals surface area contributed by atoms with Crippen LogP contribution in [0.1, 0.15) is 11.1 Å². The van der Waals surface area contributed by atoms with Crippen molar-refractivity contribution in [1.29, 1.82) is 0 Å². The van der Waals surface area contributed by atoms with Crippen LogP contribution in [0.25, 0.3) is 0 Å². The van der Waals surface area contributed by atoms with Gasteiger partial charge < -0.3 is 5.11 Å². The van der Waals surface area contributed by atoms with Crippen molar-refractivity contribution in [2.45, 2.75) is 13.5 Å². The summed E-state index contributed by atoms with van der Waals surface area (Å²) in [6.07, 6.45) is 0. The molecule has 0 fully saturated rings. The molecule has 1 rings (SSSR count). The van der Waals surface area contributed by atoms with Gasteiger partial charge in [-0.1, -0.05) is 17.7 Å². The summed E-state index contributed by atoms with van der Waals surface area (Å²) in [5, 5.41) is 9.52. The molecule has 0 bridgehead atoms. The maximum absolute atomic E-state index is 8.81. The number of aliphatic hydroxyl groups is 1. The molecule has 1 aromatic carbocycles. The Bertz CT molecular complexity index is 250. The summed E-state index contributed by atoms with van der Waals surface area (Å²) < 4.78 is 0.836. The Kier molecular flexibility index (Phi) is 2.93. The summed E-state index contributed by atoms with van der Waals surface area (Å²) in [6.45, 7) is 1.96. The molecule has 0 amide bonds. The third kappa shape index (κ3) is 1.95. The van der Waals surface area contributed by atoms with Crippen LogP contribution in [0, 0.1) is 6.92 Å². The summed E-state index contributed by atoms with van der Waals surface area (Å²) in [5.41, 5.74) is 1.85. The highest BCUT2D eigenvalue weighted by molar-refractivity contribution is 9.10. The van der Waals surface area contributed by atoms with Crippen molar-refractivity contribution in [3.63, 3.8) is 0 Å². The molecule has 0 unspecified atom stereocenters. The van der Waals surface area contributed by atoms with E-state index in [0.717, 1.165) is 15.6 Å². The molecule has 1 N–H and O–H groups in total. The van der Waals surface area contributed by atoms with E-state index in [1.807, 2.05) is 19.1 Å². The lowest BCUT2D eigenvalue weighted by molar-refractivity contribution is 0.281. The van der Waals surface area contributed by atoms with Gasteiger partial charge in [0.2, 0.25) is 0 Å². The van der Waals surface area contributed by atoms with Gasteiger partial charge >= 0.3 is 0 Å². The summed E-state index contributed by atoms with van der Waals surface area (Å²) in [6, 6.07) is 3.68. The van der Waals surface area contributed by atoms with E-state index in [-0.39, 0.29) is 6.61 Å². The summed E-state index contributed by atoms with van der Waals surface area (Å²) >= 11 is 9.17. The minimum Gasteiger partial charge on any atom is -0.392 e. The Morgan fingerprint density at radius 1 is 1.55 bits per heavy atom. The van der Waals surface area contributed by atoms with Gasteiger partial charge in [0.15, 0.2) is 0 Å². The van der Waals surface area contributed by atoms with E-state index < -0.39 is 0 Å². The molecule has 0 saturated carbocycles. The Balaban J connectivity index is 3.21. The van der Waals surface area contributed by atoms with E-state index in [9.17, 15) is 0 Å². The second-order valence-electron chi connectivity index (χ2n) is 2.37. The van der Waals surface area contributed by atoms with Gasteiger partial charge in [-0.05, 0) is 40.0 Å². The van der Waals surface area contributed by atoms with Gasteiger partial charge in [0.1, 0.15) is 0 Å². The van der Waals surface area contributed by atoms with Crippen molar-refractivity contribution in [3.05, 3.63) is 32.8 Å². The van der Waals surface area contributed by atoms with Crippen LogP contribution in [0.15, 0.2) is 16.6 Å². The summed E-state index contributed by atoms with van der Waals surface area (Å²) in [7, 11) is 0. The first-order valence-electron chi connectivity index (χ1n) is 3.20. The number of aryl methyl sites for hydroxylation is 1. The maximum Gasteiger partial charge on any atom is 0.0682 e. The van der Waals surface area contributed by atoms with Gasteiger partial charge in [-0.3, -0.25) is 0 Å². The van der Waals surface area contributed by atoms with Crippen LogP contribution in [-0.4, -0.2) is 5.11 Å². The zero-order valence-electron chi connectivity index (χ0n) is 6.06. The molecular weight excluding hydrogens is 227 g/mol. The lowest BCUT2D eigenvalue weighted by Crippen LogP contribution is -1.86. The first-order valence-corrected chi connectivity index (χ1v) is 4.37. The number of rotatable bonds is 1. The van der Waals surface area contributed by atoms with Gasteiger partial charge in [-0.25, -0.2) is 0 Å². The SMILES string of the molecule is Cc1cc(CO)cc(Br)c1Cl. The minimum absolute atomic E-state index is 0.0522. The molecule has 0 aliphatic heterocycles. The third-order valence-corrected chi connectivity index (χ3v) is 2.81. The van der Waals surface area contributed by atoms with E-state index in [1.54, 1.807) is 0 Å². The topological polar surface area (TPSA) is 20.2 Å². The maximum atomic E-state index is 8.81. The van der Waals surface area contributed by atoms with Crippen molar-refractivity contribution < 1.29 is 5.11 Å². The van der Waals surface area contributed by atoms with Crippen molar-refractivity contribution in [2.24, 2.45) is 0 Å². The van der Waals surface area contributed by atoms with E-state index in [0.29, 0.717) is 5.02 Å². The first kappa shape index (κ1) is 9.04. The quantitative estimate of drug-likeness (QED) is 0.793. The zero-order chi connectivity index (χ0) is 8.43. The average Bonchev–Trinajstić information content (AvgIpc) is 1.99. The molecule has 60 valence electrons. The molecule has 3 heteroatoms. The molecule has 0 heterocycles. The van der Waals surface area contributed by atoms with E-state index in [2.05, 4.69) is 15.9 Å². The van der Waals surface area contributed by atoms with Crippen LogP contribution < -0.4 is 0 Å². The second kappa shape index (κ2) is 3.57. The monoisotopic (exact) mass is 234 g/mol. The third-order valence-electron chi connectivity index (χ3n) is 1.45. The first-order chi connectivity index (χ1) is 5.15. The molecule has 0 saturated heterocycles. The Hall–Kier alpha value is -0.0500. The van der Waals surface area contributed by atoms with Crippen LogP contribution in [0.3, 0.4) is 0 Å². The van der Waals surface area contributed by atoms with Gasteiger partial charge in [0.25, 0.3) is 0 Å². The highest BCUT2D eigenvalue weighted by Gasteiger charge is 2.02. The fourth-order valence-electron chi connectivity index (χ4n) is 0.889. The van der Waals surface area contributed by atoms with Crippen LogP contribution in [0.2, 0.25) is 5.02 Å². The summed E-state index contributed by atoms with van der Waals surface area (Å²) in [4.78, 5) is 0. The Morgan fingerprint density at radius 3 is 2.64 bits per heavy atom. The number of aliphatic hydroxyl groups excluding tert-OH is 1. The number of hydrogen-bond acceptors (Lipinski definition) is 1. The molecule has 0 aliphatic rings. The fourth-order valence-corrected chi connectivity index (χ4v) is 1.60. The van der Waals surface area contributed by atoms with E-state index in [4.69, 9.17) is 16.7 Å². The molecule has 1 nitrogen and oxygen atoms in total. The smallest absolute Gasteiger partial charge is 0.0682 e. The number of benzene rings is 1. The molecule has 1 aromatic rings. The molecule has 0 spiro atoms. The molecule has 11 heavy (non-hydrogen) atoms. The Labute approximate surface area is 79.1 Å². The van der Waals surface area contributed by atoms with E-state index in [1.165, 1.54) is 0 Å². The molecule has 0 aromatic heterocycles.